The summed E-state index contributed by atoms with van der Waals surface area (Å²) in [5, 5.41) is 0. The first-order valence-electron chi connectivity index (χ1n) is 3.12. The first-order valence-corrected chi connectivity index (χ1v) is 3.12. The molecule has 1 radical (unpaired) electrons. The lowest BCUT2D eigenvalue weighted by Gasteiger charge is -2.05. The molecule has 0 aliphatic heterocycles. The number of hydrogen-bond donors (Lipinski definition) is 1. The Hall–Kier alpha value is -1.35. The molecular formula is C8H8NO2. The largest absolute Gasteiger partial charge is 0.436 e. The molecule has 0 atom stereocenters. The third kappa shape index (κ3) is 2.05. The van der Waals surface area contributed by atoms with E-state index in [2.05, 4.69) is 4.74 Å². The van der Waals surface area contributed by atoms with Gasteiger partial charge in [-0.25, -0.2) is 0 Å². The normalized spacial score (nSPS) is 9.64. The maximum Gasteiger partial charge on any atom is 0.295 e. The minimum atomic E-state index is 0.126. The van der Waals surface area contributed by atoms with E-state index in [-0.39, 0.29) is 6.23 Å². The molecule has 0 spiro atoms. The molecular weight excluding hydrogens is 142 g/mol. The number of carbonyl (C=O) groups excluding carboxylic acids is 1. The summed E-state index contributed by atoms with van der Waals surface area (Å²) in [5.74, 6) is 0. The van der Waals surface area contributed by atoms with Gasteiger partial charge in [0.1, 0.15) is 0 Å². The van der Waals surface area contributed by atoms with E-state index >= 15 is 0 Å². The number of ether oxygens (including phenoxy) is 1. The zero-order valence-electron chi connectivity index (χ0n) is 5.86. The highest BCUT2D eigenvalue weighted by Crippen LogP contribution is 2.07. The highest BCUT2D eigenvalue weighted by molar-refractivity contribution is 5.41. The van der Waals surface area contributed by atoms with Crippen LogP contribution in [-0.2, 0) is 9.53 Å². The monoisotopic (exact) mass is 150 g/mol. The van der Waals surface area contributed by atoms with Crippen LogP contribution in [0.2, 0.25) is 0 Å². The van der Waals surface area contributed by atoms with Gasteiger partial charge in [-0.1, -0.05) is 30.3 Å². The lowest BCUT2D eigenvalue weighted by molar-refractivity contribution is -0.127. The van der Waals surface area contributed by atoms with Gasteiger partial charge < -0.3 is 4.74 Å². The molecule has 1 aromatic rings. The van der Waals surface area contributed by atoms with Crippen LogP contribution in [0.25, 0.3) is 0 Å². The minimum Gasteiger partial charge on any atom is -0.436 e. The molecule has 0 heterocycles. The molecule has 0 saturated heterocycles. The van der Waals surface area contributed by atoms with Gasteiger partial charge in [-0.05, 0) is 0 Å². The van der Waals surface area contributed by atoms with Crippen LogP contribution >= 0.6 is 0 Å². The maximum atomic E-state index is 9.87. The molecule has 0 aromatic heterocycles. The number of hydrogen-bond acceptors (Lipinski definition) is 3. The third-order valence-electron chi connectivity index (χ3n) is 1.23. The van der Waals surface area contributed by atoms with E-state index in [1.54, 1.807) is 12.1 Å². The molecule has 0 unspecified atom stereocenters. The van der Waals surface area contributed by atoms with Crippen LogP contribution in [0.1, 0.15) is 5.56 Å². The van der Waals surface area contributed by atoms with Crippen LogP contribution in [0.15, 0.2) is 30.3 Å². The Morgan fingerprint density at radius 2 is 2.00 bits per heavy atom. The van der Waals surface area contributed by atoms with Crippen molar-refractivity contribution >= 4 is 6.47 Å². The fourth-order valence-corrected chi connectivity index (χ4v) is 0.722. The Balaban J connectivity index is 2.68. The molecule has 57 valence electrons. The van der Waals surface area contributed by atoms with E-state index in [0.29, 0.717) is 12.0 Å². The average Bonchev–Trinajstić information content (AvgIpc) is 2.07. The highest BCUT2D eigenvalue weighted by Gasteiger charge is 2.05. The van der Waals surface area contributed by atoms with Crippen LogP contribution in [-0.4, -0.2) is 6.47 Å². The van der Waals surface area contributed by atoms with Crippen molar-refractivity contribution in [1.82, 2.24) is 0 Å². The van der Waals surface area contributed by atoms with Crippen molar-refractivity contribution in [2.24, 2.45) is 5.73 Å². The molecule has 11 heavy (non-hydrogen) atoms. The van der Waals surface area contributed by atoms with E-state index in [9.17, 15) is 4.79 Å². The zero-order chi connectivity index (χ0) is 8.10. The summed E-state index contributed by atoms with van der Waals surface area (Å²) >= 11 is 0. The van der Waals surface area contributed by atoms with Crippen molar-refractivity contribution in [3.05, 3.63) is 42.1 Å². The molecule has 0 amide bonds. The second-order valence-electron chi connectivity index (χ2n) is 1.94. The zero-order valence-corrected chi connectivity index (χ0v) is 5.86. The smallest absolute Gasteiger partial charge is 0.295 e. The van der Waals surface area contributed by atoms with Gasteiger partial charge in [-0.15, -0.1) is 0 Å². The van der Waals surface area contributed by atoms with Crippen molar-refractivity contribution in [3.8, 4) is 0 Å². The molecule has 1 aromatic carbocycles. The molecule has 0 saturated carbocycles. The predicted octanol–water partition coefficient (Wildman–Crippen LogP) is 0.656. The van der Waals surface area contributed by atoms with Gasteiger partial charge >= 0.3 is 0 Å². The van der Waals surface area contributed by atoms with E-state index in [4.69, 9.17) is 5.73 Å². The lowest BCUT2D eigenvalue weighted by atomic mass is 10.2. The Bertz CT molecular complexity index is 223. The predicted molar refractivity (Wildman–Crippen MR) is 40.1 cm³/mol. The quantitative estimate of drug-likeness (QED) is 0.644. The summed E-state index contributed by atoms with van der Waals surface area (Å²) in [6.45, 7) is 0.308. The number of carbonyl (C=O) groups is 1. The van der Waals surface area contributed by atoms with Crippen LogP contribution < -0.4 is 5.73 Å². The van der Waals surface area contributed by atoms with Crippen LogP contribution in [0.5, 0.6) is 0 Å². The van der Waals surface area contributed by atoms with Crippen molar-refractivity contribution < 1.29 is 9.53 Å². The summed E-state index contributed by atoms with van der Waals surface area (Å²) in [6.07, 6.45) is 0.126. The van der Waals surface area contributed by atoms with E-state index in [1.165, 1.54) is 0 Å². The molecule has 1 rings (SSSR count). The number of benzene rings is 1. The van der Waals surface area contributed by atoms with Gasteiger partial charge in [0.15, 0.2) is 0 Å². The number of nitrogens with two attached hydrogens (primary N) is 1. The van der Waals surface area contributed by atoms with Crippen molar-refractivity contribution in [2.75, 3.05) is 0 Å². The summed E-state index contributed by atoms with van der Waals surface area (Å²) < 4.78 is 4.44. The van der Waals surface area contributed by atoms with Gasteiger partial charge in [0, 0.05) is 5.56 Å². The molecule has 0 aliphatic rings. The van der Waals surface area contributed by atoms with Crippen LogP contribution in [0, 0.1) is 6.23 Å². The van der Waals surface area contributed by atoms with Gasteiger partial charge in [-0.2, -0.15) is 0 Å². The fraction of sp³-hybridized carbons (Fsp3) is 0. The van der Waals surface area contributed by atoms with Gasteiger partial charge in [0.25, 0.3) is 6.47 Å². The lowest BCUT2D eigenvalue weighted by Crippen LogP contribution is -2.14. The second-order valence-corrected chi connectivity index (χ2v) is 1.94. The molecule has 2 N–H and O–H groups in total. The minimum absolute atomic E-state index is 0.126. The SMILES string of the molecule is N[C](OC=O)c1ccccc1. The highest BCUT2D eigenvalue weighted by atomic mass is 16.5. The first kappa shape index (κ1) is 7.75. The number of rotatable bonds is 3. The Labute approximate surface area is 64.8 Å². The van der Waals surface area contributed by atoms with Gasteiger partial charge in [0.05, 0.1) is 0 Å². The maximum absolute atomic E-state index is 9.87. The summed E-state index contributed by atoms with van der Waals surface area (Å²) in [6, 6.07) is 9.02. The van der Waals surface area contributed by atoms with Crippen molar-refractivity contribution in [2.45, 2.75) is 0 Å². The van der Waals surface area contributed by atoms with Gasteiger partial charge in [0.2, 0.25) is 6.23 Å². The van der Waals surface area contributed by atoms with Crippen molar-refractivity contribution in [3.63, 3.8) is 0 Å². The van der Waals surface area contributed by atoms with Crippen molar-refractivity contribution in [1.29, 1.82) is 0 Å². The molecule has 0 fully saturated rings. The Morgan fingerprint density at radius 3 is 2.55 bits per heavy atom. The molecule has 3 nitrogen and oxygen atoms in total. The fourth-order valence-electron chi connectivity index (χ4n) is 0.722. The topological polar surface area (TPSA) is 52.3 Å². The third-order valence-corrected chi connectivity index (χ3v) is 1.23. The molecule has 0 aliphatic carbocycles. The standard InChI is InChI=1S/C8H8NO2/c9-8(11-6-10)7-4-2-1-3-5-7/h1-6H,9H2. The first-order chi connectivity index (χ1) is 5.34. The van der Waals surface area contributed by atoms with Crippen LogP contribution in [0.3, 0.4) is 0 Å². The second kappa shape index (κ2) is 3.73. The van der Waals surface area contributed by atoms with E-state index in [1.807, 2.05) is 18.2 Å². The molecule has 3 heteroatoms. The van der Waals surface area contributed by atoms with Crippen LogP contribution in [0.4, 0.5) is 0 Å². The average molecular weight is 150 g/mol. The summed E-state index contributed by atoms with van der Waals surface area (Å²) in [4.78, 5) is 9.87. The summed E-state index contributed by atoms with van der Waals surface area (Å²) in [5.41, 5.74) is 6.08. The van der Waals surface area contributed by atoms with E-state index < -0.39 is 0 Å². The Kier molecular flexibility index (Phi) is 2.63. The molecule has 0 bridgehead atoms. The summed E-state index contributed by atoms with van der Waals surface area (Å²) in [7, 11) is 0. The van der Waals surface area contributed by atoms with E-state index in [0.717, 1.165) is 0 Å². The van der Waals surface area contributed by atoms with Gasteiger partial charge in [-0.3, -0.25) is 10.5 Å². The Morgan fingerprint density at radius 1 is 1.36 bits per heavy atom.